The molecule has 0 atom stereocenters. The molecule has 20 heavy (non-hydrogen) atoms. The first-order chi connectivity index (χ1) is 9.38. The van der Waals surface area contributed by atoms with E-state index in [9.17, 15) is 18.0 Å². The Morgan fingerprint density at radius 3 is 2.55 bits per heavy atom. The third kappa shape index (κ3) is 3.20. The van der Waals surface area contributed by atoms with Gasteiger partial charge in [-0.15, -0.1) is 0 Å². The summed E-state index contributed by atoms with van der Waals surface area (Å²) in [6.07, 6.45) is -1.25. The minimum atomic E-state index is -4.51. The number of aromatic nitrogens is 1. The van der Waals surface area contributed by atoms with E-state index in [4.69, 9.17) is 4.74 Å². The van der Waals surface area contributed by atoms with Crippen molar-refractivity contribution in [1.82, 2.24) is 4.57 Å². The number of alkyl halides is 3. The van der Waals surface area contributed by atoms with Gasteiger partial charge in [0.15, 0.2) is 6.61 Å². The van der Waals surface area contributed by atoms with Crippen molar-refractivity contribution in [3.05, 3.63) is 53.9 Å². The summed E-state index contributed by atoms with van der Waals surface area (Å²) in [6.45, 7) is -0.433. The number of rotatable bonds is 4. The molecule has 6 heteroatoms. The number of ether oxygens (including phenoxy) is 1. The zero-order valence-corrected chi connectivity index (χ0v) is 10.6. The molecule has 0 N–H and O–H groups in total. The molecular weight excluding hydrogens is 271 g/mol. The van der Waals surface area contributed by atoms with Crippen molar-refractivity contribution in [3.8, 4) is 5.75 Å². The van der Waals surface area contributed by atoms with E-state index in [1.807, 2.05) is 0 Å². The van der Waals surface area contributed by atoms with Crippen LogP contribution in [0.25, 0.3) is 0 Å². The van der Waals surface area contributed by atoms with E-state index in [0.717, 1.165) is 6.07 Å². The molecule has 0 amide bonds. The van der Waals surface area contributed by atoms with Crippen LogP contribution in [0, 0.1) is 0 Å². The molecular formula is C14H12F3NO2. The van der Waals surface area contributed by atoms with Crippen molar-refractivity contribution >= 4 is 5.78 Å². The topological polar surface area (TPSA) is 31.2 Å². The second-order valence-electron chi connectivity index (χ2n) is 4.27. The average Bonchev–Trinajstić information content (AvgIpc) is 2.82. The van der Waals surface area contributed by atoms with Gasteiger partial charge in [0.25, 0.3) is 0 Å². The number of carbonyl (C=O) groups is 1. The number of nitrogens with zero attached hydrogens (tertiary/aromatic N) is 1. The summed E-state index contributed by atoms with van der Waals surface area (Å²) in [6, 6.07) is 6.40. The normalized spacial score (nSPS) is 11.4. The van der Waals surface area contributed by atoms with Crippen LogP contribution in [0.3, 0.4) is 0 Å². The average molecular weight is 283 g/mol. The van der Waals surface area contributed by atoms with Crippen molar-refractivity contribution in [1.29, 1.82) is 0 Å². The van der Waals surface area contributed by atoms with Gasteiger partial charge >= 0.3 is 6.18 Å². The third-order valence-corrected chi connectivity index (χ3v) is 2.71. The highest BCUT2D eigenvalue weighted by Crippen LogP contribution is 2.35. The van der Waals surface area contributed by atoms with Gasteiger partial charge in [-0.2, -0.15) is 13.2 Å². The number of carbonyl (C=O) groups excluding carboxylic acids is 1. The lowest BCUT2D eigenvalue weighted by Crippen LogP contribution is -2.14. The van der Waals surface area contributed by atoms with E-state index in [1.54, 1.807) is 30.1 Å². The molecule has 0 saturated heterocycles. The van der Waals surface area contributed by atoms with Crippen molar-refractivity contribution < 1.29 is 22.7 Å². The number of ketones is 1. The van der Waals surface area contributed by atoms with Gasteiger partial charge in [0.1, 0.15) is 5.75 Å². The quantitative estimate of drug-likeness (QED) is 0.806. The summed E-state index contributed by atoms with van der Waals surface area (Å²) in [4.78, 5) is 11.8. The number of aryl methyl sites for hydroxylation is 1. The van der Waals surface area contributed by atoms with Gasteiger partial charge in [-0.05, 0) is 18.2 Å². The highest BCUT2D eigenvalue weighted by Gasteiger charge is 2.34. The van der Waals surface area contributed by atoms with Crippen LogP contribution in [0.15, 0.2) is 42.7 Å². The monoisotopic (exact) mass is 283 g/mol. The molecule has 3 nitrogen and oxygen atoms in total. The van der Waals surface area contributed by atoms with Crippen molar-refractivity contribution in [3.63, 3.8) is 0 Å². The predicted octanol–water partition coefficient (Wildman–Crippen LogP) is 3.31. The summed E-state index contributed by atoms with van der Waals surface area (Å²) in [7, 11) is 1.75. The third-order valence-electron chi connectivity index (χ3n) is 2.71. The predicted molar refractivity (Wildman–Crippen MR) is 66.7 cm³/mol. The van der Waals surface area contributed by atoms with E-state index in [0.29, 0.717) is 5.56 Å². The Labute approximate surface area is 113 Å². The lowest BCUT2D eigenvalue weighted by Gasteiger charge is -2.12. The van der Waals surface area contributed by atoms with Gasteiger partial charge in [0, 0.05) is 25.0 Å². The first-order valence-electron chi connectivity index (χ1n) is 5.82. The Morgan fingerprint density at radius 2 is 1.95 bits per heavy atom. The molecule has 1 aromatic heterocycles. The molecule has 0 saturated carbocycles. The van der Waals surface area contributed by atoms with Crippen molar-refractivity contribution in [2.45, 2.75) is 6.18 Å². The van der Waals surface area contributed by atoms with Crippen LogP contribution in [0.1, 0.15) is 15.9 Å². The number of hydrogen-bond acceptors (Lipinski definition) is 2. The van der Waals surface area contributed by atoms with Crippen LogP contribution in [-0.4, -0.2) is 17.0 Å². The zero-order valence-electron chi connectivity index (χ0n) is 10.6. The standard InChI is InChI=1S/C14H12F3NO2/c1-18-7-6-10(8-18)12(19)9-20-13-5-3-2-4-11(13)14(15,16)17/h2-8H,9H2,1H3. The Kier molecular flexibility index (Phi) is 3.83. The maximum Gasteiger partial charge on any atom is 0.419 e. The van der Waals surface area contributed by atoms with Crippen LogP contribution in [0.2, 0.25) is 0 Å². The highest BCUT2D eigenvalue weighted by atomic mass is 19.4. The van der Waals surface area contributed by atoms with E-state index < -0.39 is 18.3 Å². The fourth-order valence-corrected chi connectivity index (χ4v) is 1.72. The summed E-state index contributed by atoms with van der Waals surface area (Å²) in [5.41, 5.74) is -0.488. The molecule has 0 spiro atoms. The molecule has 0 radical (unpaired) electrons. The van der Waals surface area contributed by atoms with Crippen LogP contribution >= 0.6 is 0 Å². The van der Waals surface area contributed by atoms with E-state index in [1.165, 1.54) is 18.2 Å². The van der Waals surface area contributed by atoms with E-state index in [2.05, 4.69) is 0 Å². The number of halogens is 3. The Morgan fingerprint density at radius 1 is 1.25 bits per heavy atom. The van der Waals surface area contributed by atoms with Crippen LogP contribution in [0.4, 0.5) is 13.2 Å². The maximum absolute atomic E-state index is 12.7. The maximum atomic E-state index is 12.7. The minimum Gasteiger partial charge on any atom is -0.485 e. The molecule has 0 bridgehead atoms. The molecule has 0 aliphatic carbocycles. The van der Waals surface area contributed by atoms with Crippen molar-refractivity contribution in [2.75, 3.05) is 6.61 Å². The van der Waals surface area contributed by atoms with Crippen LogP contribution < -0.4 is 4.74 Å². The summed E-state index contributed by atoms with van der Waals surface area (Å²) in [5.74, 6) is -0.716. The van der Waals surface area contributed by atoms with Gasteiger partial charge in [0.2, 0.25) is 5.78 Å². The molecule has 1 aromatic carbocycles. The van der Waals surface area contributed by atoms with E-state index in [-0.39, 0.29) is 11.5 Å². The first-order valence-corrected chi connectivity index (χ1v) is 5.82. The van der Waals surface area contributed by atoms with Crippen molar-refractivity contribution in [2.24, 2.45) is 7.05 Å². The molecule has 0 aliphatic rings. The first kappa shape index (κ1) is 14.2. The number of benzene rings is 1. The fraction of sp³-hybridized carbons (Fsp3) is 0.214. The Bertz CT molecular complexity index is 617. The molecule has 1 heterocycles. The SMILES string of the molecule is Cn1ccc(C(=O)COc2ccccc2C(F)(F)F)c1. The molecule has 0 fully saturated rings. The highest BCUT2D eigenvalue weighted by molar-refractivity contribution is 5.97. The summed E-state index contributed by atoms with van der Waals surface area (Å²) < 4.78 is 44.9. The number of hydrogen-bond donors (Lipinski definition) is 0. The molecule has 2 aromatic rings. The minimum absolute atomic E-state index is 0.343. The fourth-order valence-electron chi connectivity index (χ4n) is 1.72. The van der Waals surface area contributed by atoms with Gasteiger partial charge in [-0.25, -0.2) is 0 Å². The Balaban J connectivity index is 2.10. The smallest absolute Gasteiger partial charge is 0.419 e. The van der Waals surface area contributed by atoms with Crippen LogP contribution in [0.5, 0.6) is 5.75 Å². The molecule has 0 unspecified atom stereocenters. The lowest BCUT2D eigenvalue weighted by molar-refractivity contribution is -0.138. The molecule has 2 rings (SSSR count). The molecule has 0 aliphatic heterocycles. The largest absolute Gasteiger partial charge is 0.485 e. The summed E-state index contributed by atoms with van der Waals surface area (Å²) in [5, 5.41) is 0. The van der Waals surface area contributed by atoms with Gasteiger partial charge < -0.3 is 9.30 Å². The number of para-hydroxylation sites is 1. The molecule has 106 valence electrons. The zero-order chi connectivity index (χ0) is 14.8. The summed E-state index contributed by atoms with van der Waals surface area (Å²) >= 11 is 0. The van der Waals surface area contributed by atoms with Crippen LogP contribution in [-0.2, 0) is 13.2 Å². The Hall–Kier alpha value is -2.24. The van der Waals surface area contributed by atoms with Gasteiger partial charge in [-0.1, -0.05) is 12.1 Å². The second kappa shape index (κ2) is 5.40. The second-order valence-corrected chi connectivity index (χ2v) is 4.27. The number of Topliss-reactive ketones (excluding diaryl/α,β-unsaturated/α-hetero) is 1. The van der Waals surface area contributed by atoms with Gasteiger partial charge in [-0.3, -0.25) is 4.79 Å². The van der Waals surface area contributed by atoms with E-state index >= 15 is 0 Å². The lowest BCUT2D eigenvalue weighted by atomic mass is 10.2. The van der Waals surface area contributed by atoms with Gasteiger partial charge in [0.05, 0.1) is 5.56 Å².